The van der Waals surface area contributed by atoms with Crippen LogP contribution in [0.5, 0.6) is 0 Å². The number of thiophene rings is 1. The van der Waals surface area contributed by atoms with Gasteiger partial charge in [0, 0.05) is 18.7 Å². The number of halogens is 4. The monoisotopic (exact) mass is 600 g/mol. The number of imide groups is 1. The smallest absolute Gasteiger partial charge is 0.346 e. The lowest BCUT2D eigenvalue weighted by Gasteiger charge is -2.25. The summed E-state index contributed by atoms with van der Waals surface area (Å²) in [6, 6.07) is 11.9. The van der Waals surface area contributed by atoms with E-state index in [4.69, 9.17) is 11.6 Å². The SMILES string of the molecule is CCn1ncc(C)c1-c1cc(C(=O)N[C@@H](Cc2ccccc2C(F)(F)F)CN2C(=O)c3ccccc3C2=O)sc1Cl. The molecule has 0 aliphatic carbocycles. The third-order valence-corrected chi connectivity index (χ3v) is 8.25. The third kappa shape index (κ3) is 5.51. The predicted molar refractivity (Wildman–Crippen MR) is 149 cm³/mol. The van der Waals surface area contributed by atoms with E-state index in [0.29, 0.717) is 16.4 Å². The summed E-state index contributed by atoms with van der Waals surface area (Å²) in [7, 11) is 0. The van der Waals surface area contributed by atoms with E-state index in [1.54, 1.807) is 29.1 Å². The number of nitrogens with one attached hydrogen (secondary N) is 1. The highest BCUT2D eigenvalue weighted by molar-refractivity contribution is 7.18. The van der Waals surface area contributed by atoms with Gasteiger partial charge in [-0.2, -0.15) is 18.3 Å². The highest BCUT2D eigenvalue weighted by atomic mass is 35.5. The van der Waals surface area contributed by atoms with E-state index in [1.807, 2.05) is 13.8 Å². The summed E-state index contributed by atoms with van der Waals surface area (Å²) < 4.78 is 43.5. The van der Waals surface area contributed by atoms with Crippen LogP contribution >= 0.6 is 22.9 Å². The minimum Gasteiger partial charge on any atom is -0.346 e. The normalized spacial score (nSPS) is 14.0. The standard InChI is InChI=1S/C29H24ClF3N4O3S/c1-3-37-24(16(2)14-34-37)21-13-23(41-25(21)30)26(38)35-18(12-17-8-4-7-11-22(17)29(31,32)33)15-36-27(39)19-9-5-6-10-20(19)28(36)40/h4-11,13-14,18H,3,12,15H2,1-2H3,(H,35,38)/t18-/m0/s1. The molecule has 212 valence electrons. The minimum absolute atomic E-state index is 0.0747. The van der Waals surface area contributed by atoms with Gasteiger partial charge in [0.2, 0.25) is 0 Å². The van der Waals surface area contributed by atoms with Crippen molar-refractivity contribution >= 4 is 40.7 Å². The van der Waals surface area contributed by atoms with Gasteiger partial charge in [0.05, 0.1) is 39.5 Å². The Bertz CT molecular complexity index is 1630. The van der Waals surface area contributed by atoms with Crippen molar-refractivity contribution in [2.24, 2.45) is 0 Å². The van der Waals surface area contributed by atoms with Crippen molar-refractivity contribution < 1.29 is 27.6 Å². The van der Waals surface area contributed by atoms with Crippen molar-refractivity contribution in [3.05, 3.63) is 97.8 Å². The summed E-state index contributed by atoms with van der Waals surface area (Å²) >= 11 is 7.54. The van der Waals surface area contributed by atoms with E-state index in [1.165, 1.54) is 30.3 Å². The molecule has 3 amide bonds. The van der Waals surface area contributed by atoms with Gasteiger partial charge in [0.1, 0.15) is 4.34 Å². The Morgan fingerprint density at radius 3 is 2.32 bits per heavy atom. The molecule has 1 aliphatic rings. The van der Waals surface area contributed by atoms with Crippen LogP contribution in [-0.2, 0) is 19.1 Å². The van der Waals surface area contributed by atoms with Crippen molar-refractivity contribution in [3.8, 4) is 11.3 Å². The topological polar surface area (TPSA) is 84.3 Å². The van der Waals surface area contributed by atoms with E-state index < -0.39 is 35.5 Å². The van der Waals surface area contributed by atoms with Crippen molar-refractivity contribution in [1.29, 1.82) is 0 Å². The zero-order chi connectivity index (χ0) is 29.5. The summed E-state index contributed by atoms with van der Waals surface area (Å²) in [5.74, 6) is -1.73. The Morgan fingerprint density at radius 1 is 1.05 bits per heavy atom. The van der Waals surface area contributed by atoms with Crippen LogP contribution in [0.15, 0.2) is 60.8 Å². The lowest BCUT2D eigenvalue weighted by Crippen LogP contribution is -2.47. The van der Waals surface area contributed by atoms with Gasteiger partial charge >= 0.3 is 6.18 Å². The van der Waals surface area contributed by atoms with Gasteiger partial charge in [-0.15, -0.1) is 11.3 Å². The van der Waals surface area contributed by atoms with Gasteiger partial charge in [-0.3, -0.25) is 24.0 Å². The van der Waals surface area contributed by atoms with E-state index >= 15 is 0 Å². The Balaban J connectivity index is 1.46. The molecule has 12 heteroatoms. The molecule has 3 heterocycles. The van der Waals surface area contributed by atoms with Gasteiger partial charge < -0.3 is 5.32 Å². The molecule has 0 fully saturated rings. The number of amides is 3. The first-order chi connectivity index (χ1) is 19.5. The minimum atomic E-state index is -4.63. The Kier molecular flexibility index (Phi) is 7.76. The molecule has 1 aliphatic heterocycles. The molecule has 0 radical (unpaired) electrons. The summed E-state index contributed by atoms with van der Waals surface area (Å²) in [4.78, 5) is 40.7. The third-order valence-electron chi connectivity index (χ3n) is 6.89. The fourth-order valence-corrected chi connectivity index (χ4v) is 6.18. The zero-order valence-corrected chi connectivity index (χ0v) is 23.5. The molecule has 4 aromatic rings. The predicted octanol–water partition coefficient (Wildman–Crippen LogP) is 6.25. The Morgan fingerprint density at radius 2 is 1.68 bits per heavy atom. The fourth-order valence-electron chi connectivity index (χ4n) is 5.00. The van der Waals surface area contributed by atoms with E-state index in [-0.39, 0.29) is 34.5 Å². The number of benzene rings is 2. The molecule has 41 heavy (non-hydrogen) atoms. The molecule has 2 aromatic heterocycles. The Labute approximate surface area is 242 Å². The summed E-state index contributed by atoms with van der Waals surface area (Å²) in [5, 5.41) is 7.08. The molecule has 0 unspecified atom stereocenters. The average molecular weight is 601 g/mol. The number of carbonyl (C=O) groups is 3. The molecular weight excluding hydrogens is 577 g/mol. The molecule has 2 aromatic carbocycles. The first-order valence-electron chi connectivity index (χ1n) is 12.7. The molecule has 1 atom stereocenters. The fraction of sp³-hybridized carbons (Fsp3) is 0.241. The average Bonchev–Trinajstić information content (AvgIpc) is 3.58. The largest absolute Gasteiger partial charge is 0.416 e. The zero-order valence-electron chi connectivity index (χ0n) is 22.0. The maximum absolute atomic E-state index is 13.8. The second-order valence-electron chi connectivity index (χ2n) is 9.59. The van der Waals surface area contributed by atoms with Crippen LogP contribution < -0.4 is 5.32 Å². The van der Waals surface area contributed by atoms with Gasteiger partial charge in [0.25, 0.3) is 17.7 Å². The Hall–Kier alpha value is -3.96. The number of hydrogen-bond donors (Lipinski definition) is 1. The van der Waals surface area contributed by atoms with Crippen LogP contribution in [0.25, 0.3) is 11.3 Å². The van der Waals surface area contributed by atoms with Crippen molar-refractivity contribution in [2.45, 2.75) is 39.0 Å². The van der Waals surface area contributed by atoms with Crippen molar-refractivity contribution in [3.63, 3.8) is 0 Å². The highest BCUT2D eigenvalue weighted by Gasteiger charge is 2.38. The first kappa shape index (κ1) is 28.6. The van der Waals surface area contributed by atoms with Crippen LogP contribution in [0.4, 0.5) is 13.2 Å². The quantitative estimate of drug-likeness (QED) is 0.242. The summed E-state index contributed by atoms with van der Waals surface area (Å²) in [5.41, 5.74) is 1.71. The van der Waals surface area contributed by atoms with Crippen molar-refractivity contribution in [1.82, 2.24) is 20.0 Å². The molecule has 0 bridgehead atoms. The molecular formula is C29H24ClF3N4O3S. The highest BCUT2D eigenvalue weighted by Crippen LogP contribution is 2.38. The lowest BCUT2D eigenvalue weighted by atomic mass is 9.99. The molecule has 0 saturated heterocycles. The number of hydrogen-bond acceptors (Lipinski definition) is 5. The first-order valence-corrected chi connectivity index (χ1v) is 13.9. The number of nitrogens with zero attached hydrogens (tertiary/aromatic N) is 3. The van der Waals surface area contributed by atoms with Gasteiger partial charge in [-0.1, -0.05) is 41.9 Å². The van der Waals surface area contributed by atoms with Gasteiger partial charge in [-0.25, -0.2) is 0 Å². The second-order valence-corrected chi connectivity index (χ2v) is 11.2. The van der Waals surface area contributed by atoms with E-state index in [0.717, 1.165) is 33.6 Å². The van der Waals surface area contributed by atoms with E-state index in [2.05, 4.69) is 10.4 Å². The molecule has 0 saturated carbocycles. The van der Waals surface area contributed by atoms with Crippen LogP contribution in [0, 0.1) is 6.92 Å². The molecule has 0 spiro atoms. The van der Waals surface area contributed by atoms with Crippen molar-refractivity contribution in [2.75, 3.05) is 6.54 Å². The number of rotatable bonds is 8. The summed E-state index contributed by atoms with van der Waals surface area (Å²) in [6.07, 6.45) is -3.21. The van der Waals surface area contributed by atoms with Gasteiger partial charge in [-0.05, 0) is 55.7 Å². The molecule has 1 N–H and O–H groups in total. The lowest BCUT2D eigenvalue weighted by molar-refractivity contribution is -0.138. The maximum Gasteiger partial charge on any atom is 0.416 e. The van der Waals surface area contributed by atoms with E-state index in [9.17, 15) is 27.6 Å². The number of carbonyl (C=O) groups excluding carboxylic acids is 3. The summed E-state index contributed by atoms with van der Waals surface area (Å²) in [6.45, 7) is 4.06. The number of aromatic nitrogens is 2. The van der Waals surface area contributed by atoms with Crippen LogP contribution in [0.2, 0.25) is 4.34 Å². The number of alkyl halides is 3. The van der Waals surface area contributed by atoms with Crippen LogP contribution in [-0.4, -0.2) is 45.0 Å². The molecule has 7 nitrogen and oxygen atoms in total. The number of aryl methyl sites for hydroxylation is 2. The maximum atomic E-state index is 13.8. The van der Waals surface area contributed by atoms with Crippen LogP contribution in [0.3, 0.4) is 0 Å². The van der Waals surface area contributed by atoms with Gasteiger partial charge in [0.15, 0.2) is 0 Å². The number of fused-ring (bicyclic) bond motifs is 1. The second kappa shape index (κ2) is 11.1. The van der Waals surface area contributed by atoms with Crippen LogP contribution in [0.1, 0.15) is 54.0 Å². The molecule has 5 rings (SSSR count).